The van der Waals surface area contributed by atoms with Gasteiger partial charge in [-0.2, -0.15) is 18.4 Å². The van der Waals surface area contributed by atoms with Crippen LogP contribution < -0.4 is 5.32 Å². The summed E-state index contributed by atoms with van der Waals surface area (Å²) in [7, 11) is 0. The molecule has 5 nitrogen and oxygen atoms in total. The first-order valence-electron chi connectivity index (χ1n) is 14.2. The number of hydrogen-bond acceptors (Lipinski definition) is 6. The molecule has 3 aromatic rings. The second kappa shape index (κ2) is 10.8. The maximum absolute atomic E-state index is 13.1. The van der Waals surface area contributed by atoms with Crippen molar-refractivity contribution in [2.45, 2.75) is 83.0 Å². The zero-order valence-corrected chi connectivity index (χ0v) is 23.6. The van der Waals surface area contributed by atoms with Crippen LogP contribution in [0.15, 0.2) is 30.1 Å². The van der Waals surface area contributed by atoms with E-state index in [1.165, 1.54) is 54.3 Å². The SMILES string of the molecule is Cc1c(CN2CCC(CC3CCCC3)(Nc3ncnc4sc(CC(F)(F)F)cc34)CC2)ccc2c1C=C(C#N)C2. The molecule has 210 valence electrons. The fourth-order valence-electron chi connectivity index (χ4n) is 6.93. The van der Waals surface area contributed by atoms with Crippen LogP contribution in [-0.2, 0) is 19.4 Å². The minimum Gasteiger partial charge on any atom is -0.364 e. The van der Waals surface area contributed by atoms with E-state index in [0.29, 0.717) is 22.0 Å². The smallest absolute Gasteiger partial charge is 0.364 e. The number of nitriles is 1. The van der Waals surface area contributed by atoms with Crippen LogP contribution in [0, 0.1) is 24.2 Å². The molecule has 2 fully saturated rings. The monoisotopic (exact) mass is 565 g/mol. The van der Waals surface area contributed by atoms with Gasteiger partial charge in [0.05, 0.1) is 17.9 Å². The molecule has 2 aromatic heterocycles. The van der Waals surface area contributed by atoms with Gasteiger partial charge in [-0.25, -0.2) is 9.97 Å². The number of anilines is 1. The molecule has 3 aliphatic rings. The van der Waals surface area contributed by atoms with E-state index in [1.807, 2.05) is 6.08 Å². The van der Waals surface area contributed by atoms with Crippen molar-refractivity contribution in [1.29, 1.82) is 5.26 Å². The Bertz CT molecular complexity index is 1470. The molecule has 40 heavy (non-hydrogen) atoms. The average Bonchev–Trinajstić information content (AvgIpc) is 3.66. The Labute approximate surface area is 237 Å². The van der Waals surface area contributed by atoms with Crippen LogP contribution in [0.5, 0.6) is 0 Å². The quantitative estimate of drug-likeness (QED) is 0.320. The highest BCUT2D eigenvalue weighted by Gasteiger charge is 2.38. The lowest BCUT2D eigenvalue weighted by molar-refractivity contribution is -0.126. The average molecular weight is 566 g/mol. The number of halogens is 3. The second-order valence-corrected chi connectivity index (χ2v) is 13.0. The van der Waals surface area contributed by atoms with Crippen LogP contribution in [0.4, 0.5) is 19.0 Å². The Morgan fingerprint density at radius 2 is 1.95 bits per heavy atom. The number of hydrogen-bond donors (Lipinski definition) is 1. The number of likely N-dealkylation sites (tertiary alicyclic amines) is 1. The zero-order chi connectivity index (χ0) is 27.9. The van der Waals surface area contributed by atoms with Crippen molar-refractivity contribution in [3.63, 3.8) is 0 Å². The molecule has 3 heterocycles. The number of allylic oxidation sites excluding steroid dienone is 1. The van der Waals surface area contributed by atoms with E-state index in [-0.39, 0.29) is 10.4 Å². The third kappa shape index (κ3) is 5.75. The number of fused-ring (bicyclic) bond motifs is 2. The van der Waals surface area contributed by atoms with Crippen LogP contribution in [-0.4, -0.2) is 39.7 Å². The van der Waals surface area contributed by atoms with Crippen molar-refractivity contribution >= 4 is 33.4 Å². The highest BCUT2D eigenvalue weighted by Crippen LogP contribution is 2.41. The molecule has 6 rings (SSSR count). The zero-order valence-electron chi connectivity index (χ0n) is 22.8. The van der Waals surface area contributed by atoms with Crippen molar-refractivity contribution in [3.8, 4) is 6.07 Å². The first-order valence-corrected chi connectivity index (χ1v) is 15.0. The van der Waals surface area contributed by atoms with Gasteiger partial charge in [-0.3, -0.25) is 4.90 Å². The van der Waals surface area contributed by atoms with Crippen LogP contribution >= 0.6 is 11.3 Å². The van der Waals surface area contributed by atoms with Gasteiger partial charge < -0.3 is 5.32 Å². The number of rotatable bonds is 7. The van der Waals surface area contributed by atoms with Gasteiger partial charge in [-0.05, 0) is 66.5 Å². The van der Waals surface area contributed by atoms with Gasteiger partial charge >= 0.3 is 6.18 Å². The highest BCUT2D eigenvalue weighted by atomic mass is 32.1. The predicted molar refractivity (Wildman–Crippen MR) is 153 cm³/mol. The van der Waals surface area contributed by atoms with Gasteiger partial charge in [-0.15, -0.1) is 11.3 Å². The lowest BCUT2D eigenvalue weighted by atomic mass is 9.78. The Hall–Kier alpha value is -2.96. The summed E-state index contributed by atoms with van der Waals surface area (Å²) in [6, 6.07) is 8.31. The maximum atomic E-state index is 13.1. The van der Waals surface area contributed by atoms with E-state index in [2.05, 4.69) is 45.3 Å². The van der Waals surface area contributed by atoms with Crippen molar-refractivity contribution in [3.05, 3.63) is 57.2 Å². The first kappa shape index (κ1) is 27.2. The van der Waals surface area contributed by atoms with E-state index < -0.39 is 12.6 Å². The number of piperidine rings is 1. The number of alkyl halides is 3. The van der Waals surface area contributed by atoms with Gasteiger partial charge in [-0.1, -0.05) is 37.8 Å². The van der Waals surface area contributed by atoms with Gasteiger partial charge in [0.15, 0.2) is 0 Å². The summed E-state index contributed by atoms with van der Waals surface area (Å²) in [5.74, 6) is 1.33. The molecular formula is C31H34F3N5S. The van der Waals surface area contributed by atoms with E-state index >= 15 is 0 Å². The standard InChI is InChI=1S/C31H34F3N5S/c1-20-24(7-6-23-12-22(17-35)13-26(20)23)18-39-10-8-30(9-11-39,15-21-4-2-3-5-21)38-28-27-14-25(16-31(32,33)34)40-29(27)37-19-36-28/h6-7,13-14,19,21H,2-5,8-12,15-16,18H2,1H3,(H,36,37,38). The lowest BCUT2D eigenvalue weighted by Gasteiger charge is -2.44. The van der Waals surface area contributed by atoms with Gasteiger partial charge in [0.1, 0.15) is 17.0 Å². The predicted octanol–water partition coefficient (Wildman–Crippen LogP) is 7.59. The number of nitrogens with zero attached hydrogens (tertiary/aromatic N) is 4. The summed E-state index contributed by atoms with van der Waals surface area (Å²) >= 11 is 1.10. The molecule has 0 bridgehead atoms. The van der Waals surface area contributed by atoms with Gasteiger partial charge in [0.2, 0.25) is 0 Å². The summed E-state index contributed by atoms with van der Waals surface area (Å²) < 4.78 is 39.2. The van der Waals surface area contributed by atoms with Crippen molar-refractivity contribution in [2.75, 3.05) is 18.4 Å². The molecule has 9 heteroatoms. The summed E-state index contributed by atoms with van der Waals surface area (Å²) in [4.78, 5) is 12.2. The highest BCUT2D eigenvalue weighted by molar-refractivity contribution is 7.18. The largest absolute Gasteiger partial charge is 0.393 e. The molecule has 1 aromatic carbocycles. The van der Waals surface area contributed by atoms with Gasteiger partial charge in [0, 0.05) is 42.0 Å². The van der Waals surface area contributed by atoms with E-state index in [1.54, 1.807) is 6.07 Å². The lowest BCUT2D eigenvalue weighted by Crippen LogP contribution is -2.50. The van der Waals surface area contributed by atoms with Crippen molar-refractivity contribution < 1.29 is 13.2 Å². The summed E-state index contributed by atoms with van der Waals surface area (Å²) in [6.07, 6.45) is 7.05. The second-order valence-electron chi connectivity index (χ2n) is 11.9. The molecule has 1 N–H and O–H groups in total. The summed E-state index contributed by atoms with van der Waals surface area (Å²) in [6.45, 7) is 4.91. The maximum Gasteiger partial charge on any atom is 0.393 e. The molecule has 1 saturated carbocycles. The number of aromatic nitrogens is 2. The Morgan fingerprint density at radius 1 is 1.18 bits per heavy atom. The van der Waals surface area contributed by atoms with E-state index in [0.717, 1.165) is 62.2 Å². The molecule has 0 spiro atoms. The minimum atomic E-state index is -4.25. The van der Waals surface area contributed by atoms with Crippen LogP contribution in [0.1, 0.15) is 72.1 Å². The molecular weight excluding hydrogens is 531 g/mol. The number of thiophene rings is 1. The molecule has 2 aliphatic carbocycles. The number of benzene rings is 1. The Balaban J connectivity index is 1.21. The molecule has 0 atom stereocenters. The van der Waals surface area contributed by atoms with Crippen LogP contribution in [0.25, 0.3) is 16.3 Å². The van der Waals surface area contributed by atoms with Crippen molar-refractivity contribution in [2.24, 2.45) is 5.92 Å². The topological polar surface area (TPSA) is 64.8 Å². The molecule has 0 unspecified atom stereocenters. The summed E-state index contributed by atoms with van der Waals surface area (Å²) in [5, 5.41) is 13.8. The molecule has 0 radical (unpaired) electrons. The molecule has 1 aliphatic heterocycles. The normalized spacial score (nSPS) is 19.5. The van der Waals surface area contributed by atoms with Crippen LogP contribution in [0.2, 0.25) is 0 Å². The minimum absolute atomic E-state index is 0.143. The van der Waals surface area contributed by atoms with E-state index in [4.69, 9.17) is 0 Å². The summed E-state index contributed by atoms with van der Waals surface area (Å²) in [5.41, 5.74) is 5.69. The molecule has 1 saturated heterocycles. The van der Waals surface area contributed by atoms with Crippen molar-refractivity contribution in [1.82, 2.24) is 14.9 Å². The van der Waals surface area contributed by atoms with Gasteiger partial charge in [0.25, 0.3) is 0 Å². The third-order valence-corrected chi connectivity index (χ3v) is 10.1. The van der Waals surface area contributed by atoms with Crippen LogP contribution in [0.3, 0.4) is 0 Å². The Morgan fingerprint density at radius 3 is 2.67 bits per heavy atom. The number of nitrogens with one attached hydrogen (secondary N) is 1. The fraction of sp³-hybridized carbons (Fsp3) is 0.516. The third-order valence-electron chi connectivity index (χ3n) is 9.06. The Kier molecular flexibility index (Phi) is 7.34. The molecule has 0 amide bonds. The van der Waals surface area contributed by atoms with E-state index in [9.17, 15) is 18.4 Å². The fourth-order valence-corrected chi connectivity index (χ4v) is 7.95. The first-order chi connectivity index (χ1) is 19.2.